The summed E-state index contributed by atoms with van der Waals surface area (Å²) in [6.45, 7) is 0. The standard InChI is InChI=1S/C17H15BrClNO3S/c18-15-9-6-12(19)10-16(15)24(22,23)20-17(21)14-8-7-13(14)11-4-2-1-3-5-11/h1-6,9-10,13-14H,7-8H2,(H,20,21). The molecule has 0 radical (unpaired) electrons. The van der Waals surface area contributed by atoms with Crippen molar-refractivity contribution in [2.45, 2.75) is 23.7 Å². The highest BCUT2D eigenvalue weighted by atomic mass is 79.9. The van der Waals surface area contributed by atoms with Gasteiger partial charge in [-0.1, -0.05) is 41.9 Å². The van der Waals surface area contributed by atoms with Crippen LogP contribution >= 0.6 is 27.5 Å². The summed E-state index contributed by atoms with van der Waals surface area (Å²) < 4.78 is 27.5. The molecule has 1 N–H and O–H groups in total. The van der Waals surface area contributed by atoms with Crippen LogP contribution in [0.4, 0.5) is 0 Å². The Bertz CT molecular complexity index is 871. The Hall–Kier alpha value is -1.37. The van der Waals surface area contributed by atoms with Gasteiger partial charge in [-0.05, 0) is 58.5 Å². The average Bonchev–Trinajstić information content (AvgIpc) is 2.49. The Morgan fingerprint density at radius 2 is 1.83 bits per heavy atom. The number of amides is 1. The quantitative estimate of drug-likeness (QED) is 0.797. The first kappa shape index (κ1) is 17.5. The Balaban J connectivity index is 1.78. The van der Waals surface area contributed by atoms with Crippen molar-refractivity contribution >= 4 is 43.5 Å². The van der Waals surface area contributed by atoms with Crippen LogP contribution in [-0.4, -0.2) is 14.3 Å². The van der Waals surface area contributed by atoms with Crippen LogP contribution in [0.2, 0.25) is 5.02 Å². The number of hydrogen-bond donors (Lipinski definition) is 1. The van der Waals surface area contributed by atoms with Gasteiger partial charge in [0.05, 0.1) is 0 Å². The third kappa shape index (κ3) is 3.50. The van der Waals surface area contributed by atoms with Gasteiger partial charge >= 0.3 is 0 Å². The van der Waals surface area contributed by atoms with E-state index in [1.807, 2.05) is 30.3 Å². The number of sulfonamides is 1. The monoisotopic (exact) mass is 427 g/mol. The summed E-state index contributed by atoms with van der Waals surface area (Å²) in [5.74, 6) is -0.744. The second-order valence-corrected chi connectivity index (χ2v) is 8.69. The lowest BCUT2D eigenvalue weighted by Crippen LogP contribution is -2.42. The van der Waals surface area contributed by atoms with Crippen LogP contribution in [0.1, 0.15) is 24.3 Å². The van der Waals surface area contributed by atoms with Crippen LogP contribution in [0.3, 0.4) is 0 Å². The van der Waals surface area contributed by atoms with E-state index in [9.17, 15) is 13.2 Å². The minimum absolute atomic E-state index is 0.0427. The SMILES string of the molecule is O=C(NS(=O)(=O)c1cc(Cl)ccc1Br)C1CCC1c1ccccc1. The molecule has 1 aliphatic rings. The van der Waals surface area contributed by atoms with Crippen molar-refractivity contribution in [3.8, 4) is 0 Å². The zero-order valence-electron chi connectivity index (χ0n) is 12.6. The van der Waals surface area contributed by atoms with Crippen molar-refractivity contribution in [2.75, 3.05) is 0 Å². The second-order valence-electron chi connectivity index (χ2n) is 5.75. The van der Waals surface area contributed by atoms with Crippen LogP contribution in [0.15, 0.2) is 57.9 Å². The van der Waals surface area contributed by atoms with E-state index in [0.717, 1.165) is 12.0 Å². The summed E-state index contributed by atoms with van der Waals surface area (Å²) in [6, 6.07) is 14.1. The van der Waals surface area contributed by atoms with Crippen molar-refractivity contribution < 1.29 is 13.2 Å². The molecule has 0 heterocycles. The van der Waals surface area contributed by atoms with E-state index in [-0.39, 0.29) is 21.8 Å². The number of rotatable bonds is 4. The van der Waals surface area contributed by atoms with Crippen LogP contribution in [0.5, 0.6) is 0 Å². The molecule has 3 rings (SSSR count). The molecule has 1 aliphatic carbocycles. The fraction of sp³-hybridized carbons (Fsp3) is 0.235. The van der Waals surface area contributed by atoms with E-state index in [0.29, 0.717) is 10.9 Å². The van der Waals surface area contributed by atoms with Gasteiger partial charge in [0.25, 0.3) is 10.0 Å². The Morgan fingerprint density at radius 1 is 1.12 bits per heavy atom. The second kappa shape index (κ2) is 6.86. The summed E-state index contributed by atoms with van der Waals surface area (Å²) >= 11 is 9.05. The lowest BCUT2D eigenvalue weighted by Gasteiger charge is -2.35. The van der Waals surface area contributed by atoms with Gasteiger partial charge in [0.1, 0.15) is 4.90 Å². The number of carbonyl (C=O) groups is 1. The van der Waals surface area contributed by atoms with Crippen molar-refractivity contribution in [1.29, 1.82) is 0 Å². The number of benzene rings is 2. The third-order valence-electron chi connectivity index (χ3n) is 4.26. The topological polar surface area (TPSA) is 63.2 Å². The molecule has 0 aliphatic heterocycles. The molecule has 4 nitrogen and oxygen atoms in total. The van der Waals surface area contributed by atoms with E-state index in [1.54, 1.807) is 6.07 Å². The molecular weight excluding hydrogens is 414 g/mol. The number of halogens is 2. The van der Waals surface area contributed by atoms with Gasteiger partial charge in [0, 0.05) is 15.4 Å². The van der Waals surface area contributed by atoms with Crippen LogP contribution in [0, 0.1) is 5.92 Å². The largest absolute Gasteiger partial charge is 0.274 e. The van der Waals surface area contributed by atoms with Gasteiger partial charge in [-0.3, -0.25) is 4.79 Å². The molecule has 0 spiro atoms. The highest BCUT2D eigenvalue weighted by Crippen LogP contribution is 2.42. The first-order valence-electron chi connectivity index (χ1n) is 7.45. The molecule has 2 unspecified atom stereocenters. The zero-order chi connectivity index (χ0) is 17.3. The Labute approximate surface area is 154 Å². The van der Waals surface area contributed by atoms with Crippen molar-refractivity contribution in [2.24, 2.45) is 5.92 Å². The fourth-order valence-electron chi connectivity index (χ4n) is 2.86. The summed E-state index contributed by atoms with van der Waals surface area (Å²) in [6.07, 6.45) is 1.56. The molecule has 1 fully saturated rings. The van der Waals surface area contributed by atoms with E-state index in [2.05, 4.69) is 20.7 Å². The van der Waals surface area contributed by atoms with Gasteiger partial charge in [0.15, 0.2) is 0 Å². The van der Waals surface area contributed by atoms with Gasteiger partial charge in [0.2, 0.25) is 5.91 Å². The maximum atomic E-state index is 12.5. The summed E-state index contributed by atoms with van der Waals surface area (Å²) in [5, 5.41) is 0.289. The lowest BCUT2D eigenvalue weighted by atomic mass is 9.70. The van der Waals surface area contributed by atoms with Gasteiger partial charge in [-0.2, -0.15) is 0 Å². The Morgan fingerprint density at radius 3 is 2.46 bits per heavy atom. The first-order valence-corrected chi connectivity index (χ1v) is 10.1. The molecule has 126 valence electrons. The van der Waals surface area contributed by atoms with Gasteiger partial charge in [-0.15, -0.1) is 0 Å². The summed E-state index contributed by atoms with van der Waals surface area (Å²) in [5.41, 5.74) is 1.06. The Kier molecular flexibility index (Phi) is 4.99. The van der Waals surface area contributed by atoms with E-state index < -0.39 is 15.9 Å². The van der Waals surface area contributed by atoms with E-state index in [4.69, 9.17) is 11.6 Å². The van der Waals surface area contributed by atoms with Crippen molar-refractivity contribution in [1.82, 2.24) is 4.72 Å². The molecule has 0 aromatic heterocycles. The summed E-state index contributed by atoms with van der Waals surface area (Å²) in [4.78, 5) is 12.4. The molecule has 1 saturated carbocycles. The van der Waals surface area contributed by atoms with Gasteiger partial charge < -0.3 is 0 Å². The van der Waals surface area contributed by atoms with Gasteiger partial charge in [-0.25, -0.2) is 13.1 Å². The number of nitrogens with one attached hydrogen (secondary N) is 1. The highest BCUT2D eigenvalue weighted by Gasteiger charge is 2.39. The predicted octanol–water partition coefficient (Wildman–Crippen LogP) is 4.10. The molecule has 0 saturated heterocycles. The molecule has 2 aromatic rings. The lowest BCUT2D eigenvalue weighted by molar-refractivity contribution is -0.126. The predicted molar refractivity (Wildman–Crippen MR) is 96.4 cm³/mol. The molecule has 7 heteroatoms. The van der Waals surface area contributed by atoms with Crippen molar-refractivity contribution in [3.05, 3.63) is 63.6 Å². The fourth-order valence-corrected chi connectivity index (χ4v) is 5.12. The molecular formula is C17H15BrClNO3S. The molecule has 24 heavy (non-hydrogen) atoms. The third-order valence-corrected chi connectivity index (χ3v) is 6.83. The highest BCUT2D eigenvalue weighted by molar-refractivity contribution is 9.10. The zero-order valence-corrected chi connectivity index (χ0v) is 15.7. The molecule has 0 bridgehead atoms. The van der Waals surface area contributed by atoms with Crippen molar-refractivity contribution in [3.63, 3.8) is 0 Å². The maximum absolute atomic E-state index is 12.5. The number of hydrogen-bond acceptors (Lipinski definition) is 3. The molecule has 2 aromatic carbocycles. The molecule has 1 amide bonds. The molecule has 2 atom stereocenters. The van der Waals surface area contributed by atoms with E-state index >= 15 is 0 Å². The average molecular weight is 429 g/mol. The summed E-state index contributed by atoms with van der Waals surface area (Å²) in [7, 11) is -3.97. The minimum Gasteiger partial charge on any atom is -0.274 e. The minimum atomic E-state index is -3.97. The normalized spacial score (nSPS) is 20.2. The van der Waals surface area contributed by atoms with Crippen LogP contribution in [-0.2, 0) is 14.8 Å². The van der Waals surface area contributed by atoms with Crippen LogP contribution in [0.25, 0.3) is 0 Å². The number of carbonyl (C=O) groups excluding carboxylic acids is 1. The first-order chi connectivity index (χ1) is 11.4. The maximum Gasteiger partial charge on any atom is 0.265 e. The van der Waals surface area contributed by atoms with Crippen LogP contribution < -0.4 is 4.72 Å². The smallest absolute Gasteiger partial charge is 0.265 e. The van der Waals surface area contributed by atoms with E-state index in [1.165, 1.54) is 12.1 Å².